The van der Waals surface area contributed by atoms with E-state index in [1.54, 1.807) is 0 Å². The Morgan fingerprint density at radius 2 is 2.12 bits per heavy atom. The fourth-order valence-electron chi connectivity index (χ4n) is 4.53. The van der Waals surface area contributed by atoms with Gasteiger partial charge in [0.1, 0.15) is 11.0 Å². The van der Waals surface area contributed by atoms with Crippen LogP contribution in [0.25, 0.3) is 0 Å². The number of halogens is 1. The Hall–Kier alpha value is -0.620. The Morgan fingerprint density at radius 3 is 2.72 bits per heavy atom. The molecule has 2 aliphatic rings. The zero-order valence-corrected chi connectivity index (χ0v) is 16.9. The van der Waals surface area contributed by atoms with E-state index in [1.807, 2.05) is 13.2 Å². The number of hydrogen-bond donors (Lipinski definition) is 1. The van der Waals surface area contributed by atoms with E-state index in [0.29, 0.717) is 11.5 Å². The van der Waals surface area contributed by atoms with Crippen molar-refractivity contribution in [3.63, 3.8) is 0 Å². The minimum atomic E-state index is 0.108. The van der Waals surface area contributed by atoms with Gasteiger partial charge in [-0.3, -0.25) is 4.90 Å². The van der Waals surface area contributed by atoms with E-state index >= 15 is 0 Å². The van der Waals surface area contributed by atoms with Crippen molar-refractivity contribution >= 4 is 11.6 Å². The zero-order chi connectivity index (χ0) is 18.1. The minimum Gasteiger partial charge on any atom is -0.374 e. The molecule has 0 radical (unpaired) electrons. The molecule has 0 bridgehead atoms. The van der Waals surface area contributed by atoms with Gasteiger partial charge < -0.3 is 14.6 Å². The van der Waals surface area contributed by atoms with Gasteiger partial charge >= 0.3 is 0 Å². The molecule has 1 saturated carbocycles. The minimum absolute atomic E-state index is 0.108. The van der Waals surface area contributed by atoms with Gasteiger partial charge in [0, 0.05) is 19.1 Å². The first-order valence-electron chi connectivity index (χ1n) is 9.53. The summed E-state index contributed by atoms with van der Waals surface area (Å²) in [7, 11) is 4.12. The Labute approximate surface area is 157 Å². The van der Waals surface area contributed by atoms with E-state index in [-0.39, 0.29) is 5.60 Å². The molecule has 0 unspecified atom stereocenters. The summed E-state index contributed by atoms with van der Waals surface area (Å²) in [6.45, 7) is 8.34. The van der Waals surface area contributed by atoms with E-state index in [9.17, 15) is 0 Å². The molecule has 1 aliphatic carbocycles. The van der Waals surface area contributed by atoms with Crippen molar-refractivity contribution in [2.45, 2.75) is 64.1 Å². The van der Waals surface area contributed by atoms with Gasteiger partial charge in [-0.1, -0.05) is 25.4 Å². The highest BCUT2D eigenvalue weighted by molar-refractivity contribution is 6.29. The lowest BCUT2D eigenvalue weighted by molar-refractivity contribution is -0.0344. The van der Waals surface area contributed by atoms with Gasteiger partial charge in [0.15, 0.2) is 0 Å². The molecule has 1 aliphatic heterocycles. The van der Waals surface area contributed by atoms with Gasteiger partial charge in [-0.2, -0.15) is 0 Å². The lowest BCUT2D eigenvalue weighted by atomic mass is 9.75. The van der Waals surface area contributed by atoms with Crippen molar-refractivity contribution in [2.24, 2.45) is 5.41 Å². The number of aromatic nitrogens is 2. The van der Waals surface area contributed by atoms with E-state index < -0.39 is 0 Å². The Balaban J connectivity index is 1.64. The highest BCUT2D eigenvalue weighted by atomic mass is 35.5. The molecule has 6 heteroatoms. The second kappa shape index (κ2) is 7.55. The molecule has 0 atom stereocenters. The fourth-order valence-corrected chi connectivity index (χ4v) is 4.82. The van der Waals surface area contributed by atoms with Gasteiger partial charge in [-0.15, -0.1) is 0 Å². The molecule has 25 heavy (non-hydrogen) atoms. The molecule has 1 saturated heterocycles. The van der Waals surface area contributed by atoms with Crippen LogP contribution in [-0.4, -0.2) is 53.8 Å². The predicted molar refractivity (Wildman–Crippen MR) is 102 cm³/mol. The second-order valence-electron chi connectivity index (χ2n) is 8.75. The lowest BCUT2D eigenvalue weighted by Crippen LogP contribution is -2.35. The van der Waals surface area contributed by atoms with Crippen LogP contribution in [0.5, 0.6) is 0 Å². The number of hydrogen-bond acceptors (Lipinski definition) is 4. The third-order valence-electron chi connectivity index (χ3n) is 5.78. The van der Waals surface area contributed by atoms with Crippen molar-refractivity contribution < 1.29 is 4.74 Å². The predicted octanol–water partition coefficient (Wildman–Crippen LogP) is 3.49. The van der Waals surface area contributed by atoms with Gasteiger partial charge in [0.25, 0.3) is 0 Å². The van der Waals surface area contributed by atoms with Gasteiger partial charge in [-0.25, -0.2) is 4.98 Å². The van der Waals surface area contributed by atoms with Gasteiger partial charge in [-0.05, 0) is 51.6 Å². The van der Waals surface area contributed by atoms with Crippen molar-refractivity contribution in [1.82, 2.24) is 19.8 Å². The summed E-state index contributed by atoms with van der Waals surface area (Å²) in [6.07, 6.45) is 7.50. The number of nitrogens with one attached hydrogen (secondary N) is 1. The van der Waals surface area contributed by atoms with Crippen molar-refractivity contribution in [2.75, 3.05) is 33.8 Å². The molecule has 2 heterocycles. The first kappa shape index (κ1) is 19.2. The lowest BCUT2D eigenvalue weighted by Gasteiger charge is -2.38. The smallest absolute Gasteiger partial charge is 0.129 e. The second-order valence-corrected chi connectivity index (χ2v) is 9.14. The Kier molecular flexibility index (Phi) is 5.78. The average molecular weight is 369 g/mol. The molecule has 1 spiro atoms. The van der Waals surface area contributed by atoms with Crippen LogP contribution in [0.15, 0.2) is 6.20 Å². The SMILES string of the molecule is CNCCN(C)Cc1ncc(Cl)n1[C@H]1CC[C@]2(CC1)CC(C)(C)CO2. The highest BCUT2D eigenvalue weighted by Crippen LogP contribution is 2.49. The maximum absolute atomic E-state index is 6.50. The third-order valence-corrected chi connectivity index (χ3v) is 6.06. The summed E-state index contributed by atoms with van der Waals surface area (Å²) < 4.78 is 8.53. The van der Waals surface area contributed by atoms with Crippen LogP contribution in [0.1, 0.15) is 57.8 Å². The van der Waals surface area contributed by atoms with Gasteiger partial charge in [0.2, 0.25) is 0 Å². The summed E-state index contributed by atoms with van der Waals surface area (Å²) >= 11 is 6.50. The van der Waals surface area contributed by atoms with Crippen LogP contribution in [0, 0.1) is 5.41 Å². The number of nitrogens with zero attached hydrogens (tertiary/aromatic N) is 3. The van der Waals surface area contributed by atoms with Gasteiger partial charge in [0.05, 0.1) is 24.9 Å². The molecule has 0 aromatic carbocycles. The number of rotatable bonds is 6. The van der Waals surface area contributed by atoms with E-state index in [1.165, 1.54) is 6.42 Å². The quantitative estimate of drug-likeness (QED) is 0.834. The number of ether oxygens (including phenoxy) is 1. The molecule has 5 nitrogen and oxygen atoms in total. The van der Waals surface area contributed by atoms with Crippen LogP contribution < -0.4 is 5.32 Å². The zero-order valence-electron chi connectivity index (χ0n) is 16.1. The maximum atomic E-state index is 6.50. The molecular formula is C19H33ClN4O. The molecule has 0 amide bonds. The van der Waals surface area contributed by atoms with Crippen LogP contribution in [0.3, 0.4) is 0 Å². The van der Waals surface area contributed by atoms with E-state index in [4.69, 9.17) is 16.3 Å². The van der Waals surface area contributed by atoms with Crippen molar-refractivity contribution in [3.05, 3.63) is 17.2 Å². The normalized spacial score (nSPS) is 29.0. The molecule has 142 valence electrons. The first-order valence-corrected chi connectivity index (χ1v) is 9.91. The van der Waals surface area contributed by atoms with Crippen LogP contribution in [0.4, 0.5) is 0 Å². The fraction of sp³-hybridized carbons (Fsp3) is 0.842. The summed E-state index contributed by atoms with van der Waals surface area (Å²) in [6, 6.07) is 0.445. The molecule has 1 aromatic rings. The monoisotopic (exact) mass is 368 g/mol. The molecule has 2 fully saturated rings. The summed E-state index contributed by atoms with van der Waals surface area (Å²) in [5.74, 6) is 1.08. The number of likely N-dealkylation sites (N-methyl/N-ethyl adjacent to an activating group) is 2. The summed E-state index contributed by atoms with van der Waals surface area (Å²) in [5.41, 5.74) is 0.428. The molecular weight excluding hydrogens is 336 g/mol. The third kappa shape index (κ3) is 4.38. The molecule has 1 aromatic heterocycles. The largest absolute Gasteiger partial charge is 0.374 e. The highest BCUT2D eigenvalue weighted by Gasteiger charge is 2.46. The molecule has 3 rings (SSSR count). The average Bonchev–Trinajstić information content (AvgIpc) is 3.07. The number of imidazole rings is 1. The van der Waals surface area contributed by atoms with Crippen molar-refractivity contribution in [1.29, 1.82) is 0 Å². The van der Waals surface area contributed by atoms with Crippen LogP contribution >= 0.6 is 11.6 Å². The van der Waals surface area contributed by atoms with E-state index in [0.717, 1.165) is 62.9 Å². The summed E-state index contributed by atoms with van der Waals surface area (Å²) in [4.78, 5) is 6.88. The standard InChI is InChI=1S/C19H33ClN4O/c1-18(2)13-19(25-14-18)7-5-15(6-8-19)24-16(20)11-22-17(24)12-23(4)10-9-21-3/h11,15,21H,5-10,12-14H2,1-4H3/t15-,19-. The van der Waals surface area contributed by atoms with Crippen LogP contribution in [-0.2, 0) is 11.3 Å². The topological polar surface area (TPSA) is 42.3 Å². The van der Waals surface area contributed by atoms with Crippen LogP contribution in [0.2, 0.25) is 5.15 Å². The molecule has 1 N–H and O–H groups in total. The Morgan fingerprint density at radius 1 is 1.40 bits per heavy atom. The van der Waals surface area contributed by atoms with Crippen molar-refractivity contribution in [3.8, 4) is 0 Å². The van der Waals surface area contributed by atoms with E-state index in [2.05, 4.69) is 40.7 Å². The Bertz CT molecular complexity index is 578. The first-order chi connectivity index (χ1) is 11.8. The summed E-state index contributed by atoms with van der Waals surface area (Å²) in [5, 5.41) is 3.96. The maximum Gasteiger partial charge on any atom is 0.129 e.